The predicted molar refractivity (Wildman–Crippen MR) is 103 cm³/mol. The Morgan fingerprint density at radius 2 is 1.30 bits per heavy atom. The van der Waals surface area contributed by atoms with Crippen molar-refractivity contribution in [3.8, 4) is 0 Å². The maximum Gasteiger partial charge on any atom is 0.101 e. The van der Waals surface area contributed by atoms with Crippen LogP contribution in [0, 0.1) is 0 Å². The summed E-state index contributed by atoms with van der Waals surface area (Å²) in [5, 5.41) is 0. The summed E-state index contributed by atoms with van der Waals surface area (Å²) < 4.78 is 0. The van der Waals surface area contributed by atoms with Crippen LogP contribution in [-0.2, 0) is 0 Å². The van der Waals surface area contributed by atoms with Gasteiger partial charge >= 0.3 is 0 Å². The predicted octanol–water partition coefficient (Wildman–Crippen LogP) is 6.53. The molecule has 1 aliphatic heterocycles. The van der Waals surface area contributed by atoms with E-state index in [2.05, 4.69) is 49.9 Å². The van der Waals surface area contributed by atoms with Gasteiger partial charge in [0.15, 0.2) is 0 Å². The second kappa shape index (κ2) is 12.7. The van der Waals surface area contributed by atoms with E-state index in [-0.39, 0.29) is 0 Å². The van der Waals surface area contributed by atoms with Crippen LogP contribution >= 0.6 is 0 Å². The van der Waals surface area contributed by atoms with Gasteiger partial charge in [0.1, 0.15) is 6.17 Å². The van der Waals surface area contributed by atoms with Gasteiger partial charge in [-0.15, -0.1) is 0 Å². The summed E-state index contributed by atoms with van der Waals surface area (Å²) in [7, 11) is 0. The van der Waals surface area contributed by atoms with Crippen molar-refractivity contribution in [1.82, 2.24) is 9.80 Å². The number of hydrogen-bond donors (Lipinski definition) is 0. The monoisotopic (exact) mass is 322 g/mol. The van der Waals surface area contributed by atoms with Crippen molar-refractivity contribution in [2.24, 2.45) is 0 Å². The summed E-state index contributed by atoms with van der Waals surface area (Å²) in [6, 6.07) is 0.612. The van der Waals surface area contributed by atoms with Crippen LogP contribution in [0.4, 0.5) is 0 Å². The van der Waals surface area contributed by atoms with Crippen molar-refractivity contribution in [3.63, 3.8) is 0 Å². The second-order valence-corrected chi connectivity index (χ2v) is 7.53. The number of rotatable bonds is 14. The van der Waals surface area contributed by atoms with Crippen LogP contribution in [0.3, 0.4) is 0 Å². The highest BCUT2D eigenvalue weighted by Gasteiger charge is 2.26. The third-order valence-electron chi connectivity index (χ3n) is 5.09. The van der Waals surface area contributed by atoms with E-state index in [0.29, 0.717) is 12.2 Å². The lowest BCUT2D eigenvalue weighted by atomic mass is 10.1. The Labute approximate surface area is 146 Å². The highest BCUT2D eigenvalue weighted by Crippen LogP contribution is 2.24. The summed E-state index contributed by atoms with van der Waals surface area (Å²) in [5.41, 5.74) is 0. The van der Waals surface area contributed by atoms with E-state index in [1.807, 2.05) is 0 Å². The zero-order valence-electron chi connectivity index (χ0n) is 16.4. The average Bonchev–Trinajstić information content (AvgIpc) is 2.94. The van der Waals surface area contributed by atoms with E-state index < -0.39 is 0 Å². The van der Waals surface area contributed by atoms with Gasteiger partial charge in [-0.1, -0.05) is 71.6 Å². The van der Waals surface area contributed by atoms with Crippen molar-refractivity contribution in [2.45, 2.75) is 117 Å². The molecule has 136 valence electrons. The van der Waals surface area contributed by atoms with Crippen LogP contribution in [0.1, 0.15) is 105 Å². The topological polar surface area (TPSA) is 6.48 Å². The molecule has 0 saturated carbocycles. The molecular weight excluding hydrogens is 280 g/mol. The highest BCUT2D eigenvalue weighted by atomic mass is 15.4. The van der Waals surface area contributed by atoms with Gasteiger partial charge in [0.25, 0.3) is 0 Å². The Hall–Kier alpha value is -0.660. The summed E-state index contributed by atoms with van der Waals surface area (Å²) >= 11 is 0. The molecule has 0 bridgehead atoms. The lowest BCUT2D eigenvalue weighted by Crippen LogP contribution is -2.42. The Morgan fingerprint density at radius 3 is 1.91 bits per heavy atom. The van der Waals surface area contributed by atoms with E-state index in [9.17, 15) is 0 Å². The van der Waals surface area contributed by atoms with Crippen LogP contribution < -0.4 is 0 Å². The van der Waals surface area contributed by atoms with Crippen LogP contribution in [0.2, 0.25) is 0 Å². The molecule has 0 N–H and O–H groups in total. The Bertz CT molecular complexity index is 298. The smallest absolute Gasteiger partial charge is 0.101 e. The molecule has 0 aromatic rings. The fraction of sp³-hybridized carbons (Fsp3) is 0.905. The van der Waals surface area contributed by atoms with Gasteiger partial charge in [-0.2, -0.15) is 0 Å². The molecular formula is C21H42N2. The minimum atomic E-state index is 0.612. The summed E-state index contributed by atoms with van der Waals surface area (Å²) in [5.74, 6) is 0. The molecule has 2 heteroatoms. The quantitative estimate of drug-likeness (QED) is 0.335. The number of unbranched alkanes of at least 4 members (excludes halogenated alkanes) is 9. The summed E-state index contributed by atoms with van der Waals surface area (Å²) in [4.78, 5) is 5.18. The van der Waals surface area contributed by atoms with Crippen molar-refractivity contribution in [2.75, 3.05) is 6.54 Å². The lowest BCUT2D eigenvalue weighted by Gasteiger charge is -2.35. The molecule has 1 heterocycles. The minimum Gasteiger partial charge on any atom is -0.356 e. The van der Waals surface area contributed by atoms with Gasteiger partial charge in [0.05, 0.1) is 0 Å². The first-order chi connectivity index (χ1) is 11.2. The zero-order valence-corrected chi connectivity index (χ0v) is 16.4. The molecule has 1 rings (SSSR count). The van der Waals surface area contributed by atoms with Crippen molar-refractivity contribution in [1.29, 1.82) is 0 Å². The second-order valence-electron chi connectivity index (χ2n) is 7.53. The van der Waals surface area contributed by atoms with Gasteiger partial charge < -0.3 is 9.80 Å². The molecule has 23 heavy (non-hydrogen) atoms. The molecule has 1 aliphatic rings. The maximum absolute atomic E-state index is 2.61. The van der Waals surface area contributed by atoms with Crippen LogP contribution in [0.15, 0.2) is 12.4 Å². The van der Waals surface area contributed by atoms with Crippen LogP contribution in [0.25, 0.3) is 0 Å². The van der Waals surface area contributed by atoms with Crippen molar-refractivity contribution in [3.05, 3.63) is 12.4 Å². The molecule has 2 nitrogen and oxygen atoms in total. The van der Waals surface area contributed by atoms with Gasteiger partial charge in [-0.05, 0) is 33.1 Å². The molecule has 0 fully saturated rings. The van der Waals surface area contributed by atoms with E-state index in [4.69, 9.17) is 0 Å². The Kier molecular flexibility index (Phi) is 11.3. The summed E-state index contributed by atoms with van der Waals surface area (Å²) in [6.45, 7) is 10.5. The van der Waals surface area contributed by atoms with Crippen molar-refractivity contribution < 1.29 is 0 Å². The molecule has 0 spiro atoms. The van der Waals surface area contributed by atoms with Gasteiger partial charge in [0, 0.05) is 25.0 Å². The standard InChI is InChI=1S/C21H42N2/c1-5-7-9-11-12-14-16-21-22(17-15-13-10-8-6-2)18-19-23(21)20(3)4/h18-21H,5-17H2,1-4H3. The molecule has 0 radical (unpaired) electrons. The number of nitrogens with zero attached hydrogens (tertiary/aromatic N) is 2. The SMILES string of the molecule is CCCCCCCCC1N(CCCCCCC)C=CN1C(C)C. The third-order valence-corrected chi connectivity index (χ3v) is 5.09. The lowest BCUT2D eigenvalue weighted by molar-refractivity contribution is 0.114. The Morgan fingerprint density at radius 1 is 0.739 bits per heavy atom. The van der Waals surface area contributed by atoms with E-state index >= 15 is 0 Å². The first-order valence-electron chi connectivity index (χ1n) is 10.4. The maximum atomic E-state index is 2.61. The van der Waals surface area contributed by atoms with Crippen molar-refractivity contribution >= 4 is 0 Å². The first-order valence-corrected chi connectivity index (χ1v) is 10.4. The van der Waals surface area contributed by atoms with Gasteiger partial charge in [0.2, 0.25) is 0 Å². The van der Waals surface area contributed by atoms with Gasteiger partial charge in [-0.3, -0.25) is 0 Å². The van der Waals surface area contributed by atoms with Gasteiger partial charge in [-0.25, -0.2) is 0 Å². The molecule has 0 aromatic carbocycles. The molecule has 1 unspecified atom stereocenters. The molecule has 0 aliphatic carbocycles. The fourth-order valence-corrected chi connectivity index (χ4v) is 3.59. The van der Waals surface area contributed by atoms with Crippen LogP contribution in [-0.4, -0.2) is 28.6 Å². The molecule has 0 amide bonds. The fourth-order valence-electron chi connectivity index (χ4n) is 3.59. The first kappa shape index (κ1) is 20.4. The molecule has 0 saturated heterocycles. The number of hydrogen-bond acceptors (Lipinski definition) is 2. The average molecular weight is 323 g/mol. The van der Waals surface area contributed by atoms with E-state index in [1.54, 1.807) is 0 Å². The molecule has 1 atom stereocenters. The van der Waals surface area contributed by atoms with Crippen LogP contribution in [0.5, 0.6) is 0 Å². The zero-order chi connectivity index (χ0) is 16.9. The van der Waals surface area contributed by atoms with E-state index in [0.717, 1.165) is 0 Å². The summed E-state index contributed by atoms with van der Waals surface area (Å²) in [6.07, 6.45) is 21.9. The minimum absolute atomic E-state index is 0.612. The van der Waals surface area contributed by atoms with E-state index in [1.165, 1.54) is 83.6 Å². The normalized spacial score (nSPS) is 17.7. The highest BCUT2D eigenvalue weighted by molar-refractivity contribution is 4.98. The third kappa shape index (κ3) is 8.13. The molecule has 0 aromatic heterocycles. The Balaban J connectivity index is 2.29. The largest absolute Gasteiger partial charge is 0.356 e.